The molecule has 1 aromatic carbocycles. The molecule has 0 unspecified atom stereocenters. The van der Waals surface area contributed by atoms with Crippen molar-refractivity contribution in [2.75, 3.05) is 6.61 Å². The van der Waals surface area contributed by atoms with Crippen molar-refractivity contribution in [1.82, 2.24) is 4.98 Å². The van der Waals surface area contributed by atoms with Crippen LogP contribution in [-0.4, -0.2) is 23.1 Å². The molecule has 7 heteroatoms. The van der Waals surface area contributed by atoms with Crippen molar-refractivity contribution in [3.63, 3.8) is 0 Å². The van der Waals surface area contributed by atoms with Gasteiger partial charge in [-0.2, -0.15) is 0 Å². The summed E-state index contributed by atoms with van der Waals surface area (Å²) in [6.07, 6.45) is -2.89. The van der Waals surface area contributed by atoms with Gasteiger partial charge in [-0.05, 0) is 36.8 Å². The lowest BCUT2D eigenvalue weighted by Gasteiger charge is -2.26. The van der Waals surface area contributed by atoms with Gasteiger partial charge in [0.25, 0.3) is 0 Å². The number of ether oxygens (including phenoxy) is 2. The molecule has 1 saturated heterocycles. The van der Waals surface area contributed by atoms with E-state index in [9.17, 15) is 18.3 Å². The Morgan fingerprint density at radius 2 is 1.88 bits per heavy atom. The van der Waals surface area contributed by atoms with Gasteiger partial charge in [0.1, 0.15) is 11.4 Å². The number of alkyl halides is 3. The van der Waals surface area contributed by atoms with Crippen LogP contribution in [0.3, 0.4) is 0 Å². The van der Waals surface area contributed by atoms with Crippen molar-refractivity contribution in [2.45, 2.75) is 30.9 Å². The summed E-state index contributed by atoms with van der Waals surface area (Å²) in [5.41, 5.74) is -0.908. The molecule has 2 heterocycles. The van der Waals surface area contributed by atoms with E-state index in [1.54, 1.807) is 31.3 Å². The summed E-state index contributed by atoms with van der Waals surface area (Å²) in [7, 11) is 0. The fraction of sp³-hybridized carbons (Fsp3) is 0.353. The molecule has 1 aliphatic rings. The minimum atomic E-state index is -4.73. The number of nitrogens with zero attached hydrogens (tertiary/aromatic N) is 1. The van der Waals surface area contributed by atoms with Gasteiger partial charge < -0.3 is 14.6 Å². The summed E-state index contributed by atoms with van der Waals surface area (Å²) in [5, 5.41) is 10.8. The first-order valence-electron chi connectivity index (χ1n) is 7.34. The molecular weight excluding hydrogens is 323 g/mol. The van der Waals surface area contributed by atoms with E-state index in [1.165, 1.54) is 24.3 Å². The van der Waals surface area contributed by atoms with Crippen molar-refractivity contribution in [2.24, 2.45) is 0 Å². The molecule has 4 nitrogen and oxygen atoms in total. The number of rotatable bonds is 3. The van der Waals surface area contributed by atoms with E-state index in [2.05, 4.69) is 9.72 Å². The van der Waals surface area contributed by atoms with Gasteiger partial charge in [0.15, 0.2) is 0 Å². The average Bonchev–Trinajstić information content (AvgIpc) is 2.85. The molecule has 1 N–H and O–H groups in total. The van der Waals surface area contributed by atoms with Crippen molar-refractivity contribution in [1.29, 1.82) is 0 Å². The zero-order valence-electron chi connectivity index (χ0n) is 12.9. The number of pyridine rings is 1. The molecule has 0 amide bonds. The molecule has 0 saturated carbocycles. The third kappa shape index (κ3) is 3.37. The Morgan fingerprint density at radius 3 is 2.46 bits per heavy atom. The fourth-order valence-corrected chi connectivity index (χ4v) is 2.94. The number of aliphatic hydroxyl groups is 1. The highest BCUT2D eigenvalue weighted by atomic mass is 19.4. The second-order valence-electron chi connectivity index (χ2n) is 6.02. The van der Waals surface area contributed by atoms with Crippen molar-refractivity contribution < 1.29 is 27.8 Å². The van der Waals surface area contributed by atoms with Gasteiger partial charge in [-0.3, -0.25) is 4.98 Å². The fourth-order valence-electron chi connectivity index (χ4n) is 2.94. The van der Waals surface area contributed by atoms with Crippen molar-refractivity contribution >= 4 is 0 Å². The van der Waals surface area contributed by atoms with Gasteiger partial charge in [-0.1, -0.05) is 18.2 Å². The van der Waals surface area contributed by atoms with E-state index >= 15 is 0 Å². The first-order valence-corrected chi connectivity index (χ1v) is 7.34. The van der Waals surface area contributed by atoms with Crippen LogP contribution >= 0.6 is 0 Å². The first kappa shape index (κ1) is 16.7. The molecule has 2 aromatic rings. The van der Waals surface area contributed by atoms with Crippen LogP contribution in [0, 0.1) is 0 Å². The Labute approximate surface area is 136 Å². The lowest BCUT2D eigenvalue weighted by atomic mass is 9.85. The Kier molecular flexibility index (Phi) is 4.01. The monoisotopic (exact) mass is 339 g/mol. The molecule has 24 heavy (non-hydrogen) atoms. The quantitative estimate of drug-likeness (QED) is 0.930. The number of aromatic nitrogens is 1. The molecule has 1 aliphatic heterocycles. The van der Waals surface area contributed by atoms with Crippen molar-refractivity contribution in [3.05, 3.63) is 59.9 Å². The van der Waals surface area contributed by atoms with Gasteiger partial charge >= 0.3 is 6.36 Å². The summed E-state index contributed by atoms with van der Waals surface area (Å²) in [4.78, 5) is 4.17. The normalized spacial score (nSPS) is 27.2. The van der Waals surface area contributed by atoms with Gasteiger partial charge in [0, 0.05) is 12.6 Å². The first-order chi connectivity index (χ1) is 11.2. The Balaban J connectivity index is 1.80. The molecule has 2 atom stereocenters. The molecular formula is C17H16F3NO3. The predicted molar refractivity (Wildman–Crippen MR) is 79.2 cm³/mol. The Morgan fingerprint density at radius 1 is 1.17 bits per heavy atom. The summed E-state index contributed by atoms with van der Waals surface area (Å²) in [6.45, 7) is 1.84. The van der Waals surface area contributed by atoms with E-state index in [0.29, 0.717) is 11.3 Å². The van der Waals surface area contributed by atoms with Crippen LogP contribution in [0.2, 0.25) is 0 Å². The van der Waals surface area contributed by atoms with E-state index in [0.717, 1.165) is 0 Å². The average molecular weight is 339 g/mol. The predicted octanol–water partition coefficient (Wildman–Crippen LogP) is 3.50. The Bertz CT molecular complexity index is 705. The van der Waals surface area contributed by atoms with Crippen LogP contribution in [0.4, 0.5) is 13.2 Å². The van der Waals surface area contributed by atoms with Crippen molar-refractivity contribution in [3.8, 4) is 5.75 Å². The number of hydrogen-bond donors (Lipinski definition) is 1. The van der Waals surface area contributed by atoms with E-state index in [4.69, 9.17) is 4.74 Å². The standard InChI is InChI=1S/C17H16F3NO3/c1-15(12-5-7-13(8-6-12)24-17(18,19)20)10-16(22,11-23-15)14-4-2-3-9-21-14/h2-9,22H,10-11H2,1H3/t15-,16-/m1/s1. The van der Waals surface area contributed by atoms with E-state index in [-0.39, 0.29) is 18.8 Å². The zero-order valence-corrected chi connectivity index (χ0v) is 12.9. The van der Waals surface area contributed by atoms with Crippen LogP contribution in [0.1, 0.15) is 24.6 Å². The topological polar surface area (TPSA) is 51.6 Å². The molecule has 0 bridgehead atoms. The van der Waals surface area contributed by atoms with Gasteiger partial charge in [-0.15, -0.1) is 13.2 Å². The summed E-state index contributed by atoms with van der Waals surface area (Å²) >= 11 is 0. The van der Waals surface area contributed by atoms with Gasteiger partial charge in [-0.25, -0.2) is 0 Å². The number of benzene rings is 1. The lowest BCUT2D eigenvalue weighted by molar-refractivity contribution is -0.274. The summed E-state index contributed by atoms with van der Waals surface area (Å²) in [5.74, 6) is -0.298. The smallest absolute Gasteiger partial charge is 0.406 e. The maximum Gasteiger partial charge on any atom is 0.573 e. The third-order valence-electron chi connectivity index (χ3n) is 4.10. The second-order valence-corrected chi connectivity index (χ2v) is 6.02. The maximum absolute atomic E-state index is 12.2. The summed E-state index contributed by atoms with van der Waals surface area (Å²) in [6, 6.07) is 10.7. The van der Waals surface area contributed by atoms with Gasteiger partial charge in [0.2, 0.25) is 0 Å². The molecule has 0 spiro atoms. The SMILES string of the molecule is C[C@]1(c2ccc(OC(F)(F)F)cc2)C[C@](O)(c2ccccn2)CO1. The molecule has 1 fully saturated rings. The highest BCUT2D eigenvalue weighted by molar-refractivity contribution is 5.32. The highest BCUT2D eigenvalue weighted by Gasteiger charge is 2.48. The highest BCUT2D eigenvalue weighted by Crippen LogP contribution is 2.45. The van der Waals surface area contributed by atoms with Crippen LogP contribution < -0.4 is 4.74 Å². The van der Waals surface area contributed by atoms with Gasteiger partial charge in [0.05, 0.1) is 17.9 Å². The van der Waals surface area contributed by atoms with Crippen LogP contribution in [-0.2, 0) is 15.9 Å². The second kappa shape index (κ2) is 5.75. The minimum absolute atomic E-state index is 0.0569. The molecule has 0 aliphatic carbocycles. The third-order valence-corrected chi connectivity index (χ3v) is 4.10. The van der Waals surface area contributed by atoms with E-state index < -0.39 is 17.6 Å². The molecule has 3 rings (SSSR count). The largest absolute Gasteiger partial charge is 0.573 e. The van der Waals surface area contributed by atoms with Crippen LogP contribution in [0.15, 0.2) is 48.7 Å². The van der Waals surface area contributed by atoms with E-state index in [1.807, 2.05) is 0 Å². The molecule has 0 radical (unpaired) electrons. The Hall–Kier alpha value is -2.12. The van der Waals surface area contributed by atoms with Crippen LogP contribution in [0.25, 0.3) is 0 Å². The number of hydrogen-bond acceptors (Lipinski definition) is 4. The number of halogens is 3. The minimum Gasteiger partial charge on any atom is -0.406 e. The molecule has 1 aromatic heterocycles. The lowest BCUT2D eigenvalue weighted by Crippen LogP contribution is -2.29. The van der Waals surface area contributed by atoms with Crippen LogP contribution in [0.5, 0.6) is 5.75 Å². The maximum atomic E-state index is 12.2. The summed E-state index contributed by atoms with van der Waals surface area (Å²) < 4.78 is 46.3. The molecule has 128 valence electrons. The zero-order chi connectivity index (χ0) is 17.4.